The van der Waals surface area contributed by atoms with Gasteiger partial charge in [0.05, 0.1) is 19.8 Å². The number of rotatable bonds is 4. The zero-order chi connectivity index (χ0) is 12.6. The molecule has 0 aromatic rings. The lowest BCUT2D eigenvalue weighted by Crippen LogP contribution is -2.24. The van der Waals surface area contributed by atoms with Crippen LogP contribution in [0.5, 0.6) is 0 Å². The van der Waals surface area contributed by atoms with E-state index in [1.165, 1.54) is 6.42 Å². The fraction of sp³-hybridized carbons (Fsp3) is 0.846. The van der Waals surface area contributed by atoms with Crippen molar-refractivity contribution in [1.82, 2.24) is 0 Å². The van der Waals surface area contributed by atoms with Crippen molar-refractivity contribution in [3.8, 4) is 0 Å². The molecule has 1 saturated heterocycles. The molecule has 5 heteroatoms. The van der Waals surface area contributed by atoms with Crippen LogP contribution in [0.25, 0.3) is 0 Å². The zero-order valence-electron chi connectivity index (χ0n) is 10.8. The molecule has 18 heavy (non-hydrogen) atoms. The first-order valence-electron chi connectivity index (χ1n) is 6.94. The highest BCUT2D eigenvalue weighted by Gasteiger charge is 2.48. The van der Waals surface area contributed by atoms with Gasteiger partial charge in [-0.05, 0) is 36.5 Å². The molecular formula is C13H21O4P. The lowest BCUT2D eigenvalue weighted by atomic mass is 9.84. The van der Waals surface area contributed by atoms with E-state index in [4.69, 9.17) is 13.6 Å². The molecule has 2 bridgehead atoms. The fourth-order valence-electron chi connectivity index (χ4n) is 3.31. The third-order valence-corrected chi connectivity index (χ3v) is 5.83. The first-order valence-corrected chi connectivity index (χ1v) is 8.40. The summed E-state index contributed by atoms with van der Waals surface area (Å²) in [4.78, 5) is 0. The second-order valence-electron chi connectivity index (χ2n) is 5.50. The van der Waals surface area contributed by atoms with Crippen LogP contribution in [0.1, 0.15) is 26.2 Å². The molecule has 1 heterocycles. The predicted molar refractivity (Wildman–Crippen MR) is 68.1 cm³/mol. The van der Waals surface area contributed by atoms with Crippen molar-refractivity contribution in [1.29, 1.82) is 0 Å². The lowest BCUT2D eigenvalue weighted by Gasteiger charge is -2.23. The van der Waals surface area contributed by atoms with Gasteiger partial charge in [-0.3, -0.25) is 13.6 Å². The smallest absolute Gasteiger partial charge is 0.287 e. The molecule has 3 rings (SSSR count). The molecule has 4 nitrogen and oxygen atoms in total. The van der Waals surface area contributed by atoms with Crippen molar-refractivity contribution in [2.24, 2.45) is 23.7 Å². The standard InChI is InChI=1S/C13H21O4P/c1-2-3-6-15-18(14)16-8-12-10-4-5-11(7-10)13(12)9-17-18/h4-5,10-13H,2-3,6-9H2,1H3/t10-,11+,12+,13-,18?. The Morgan fingerprint density at radius 3 is 2.39 bits per heavy atom. The molecular weight excluding hydrogens is 251 g/mol. The van der Waals surface area contributed by atoms with Crippen LogP contribution in [0.2, 0.25) is 0 Å². The normalized spacial score (nSPS) is 46.1. The van der Waals surface area contributed by atoms with E-state index in [1.54, 1.807) is 0 Å². The number of phosphoric ester groups is 1. The summed E-state index contributed by atoms with van der Waals surface area (Å²) in [5, 5.41) is 0. The van der Waals surface area contributed by atoms with Crippen molar-refractivity contribution in [2.75, 3.05) is 19.8 Å². The van der Waals surface area contributed by atoms with Crippen LogP contribution in [-0.4, -0.2) is 19.8 Å². The maximum atomic E-state index is 12.3. The van der Waals surface area contributed by atoms with Crippen LogP contribution >= 0.6 is 7.82 Å². The van der Waals surface area contributed by atoms with Gasteiger partial charge >= 0.3 is 7.82 Å². The first-order chi connectivity index (χ1) is 8.72. The number of hydrogen-bond donors (Lipinski definition) is 0. The van der Waals surface area contributed by atoms with Crippen molar-refractivity contribution in [3.63, 3.8) is 0 Å². The van der Waals surface area contributed by atoms with Gasteiger partial charge in [-0.1, -0.05) is 25.5 Å². The van der Waals surface area contributed by atoms with E-state index in [0.29, 0.717) is 43.5 Å². The minimum absolute atomic E-state index is 0.453. The highest BCUT2D eigenvalue weighted by Crippen LogP contribution is 2.58. The average Bonchev–Trinajstić information content (AvgIpc) is 2.91. The summed E-state index contributed by atoms with van der Waals surface area (Å²) in [7, 11) is -3.29. The Balaban J connectivity index is 1.62. The number of hydrogen-bond acceptors (Lipinski definition) is 4. The molecule has 1 saturated carbocycles. The maximum absolute atomic E-state index is 12.3. The van der Waals surface area contributed by atoms with Gasteiger partial charge in [-0.15, -0.1) is 0 Å². The summed E-state index contributed by atoms with van der Waals surface area (Å²) in [5.74, 6) is 2.10. The molecule has 0 spiro atoms. The minimum Gasteiger partial charge on any atom is -0.287 e. The molecule has 2 aliphatic carbocycles. The highest BCUT2D eigenvalue weighted by molar-refractivity contribution is 7.48. The van der Waals surface area contributed by atoms with Gasteiger partial charge in [0, 0.05) is 0 Å². The van der Waals surface area contributed by atoms with Crippen LogP contribution < -0.4 is 0 Å². The molecule has 0 N–H and O–H groups in total. The average molecular weight is 272 g/mol. The van der Waals surface area contributed by atoms with Crippen LogP contribution in [0.4, 0.5) is 0 Å². The highest BCUT2D eigenvalue weighted by atomic mass is 31.2. The van der Waals surface area contributed by atoms with Crippen LogP contribution in [0.3, 0.4) is 0 Å². The molecule has 2 fully saturated rings. The summed E-state index contributed by atoms with van der Waals surface area (Å²) in [6, 6.07) is 0. The van der Waals surface area contributed by atoms with Gasteiger partial charge in [-0.2, -0.15) is 0 Å². The molecule has 0 aromatic heterocycles. The molecule has 1 aliphatic heterocycles. The van der Waals surface area contributed by atoms with Crippen molar-refractivity contribution in [3.05, 3.63) is 12.2 Å². The molecule has 3 aliphatic rings. The molecule has 1 unspecified atom stereocenters. The molecule has 0 radical (unpaired) electrons. The molecule has 5 atom stereocenters. The van der Waals surface area contributed by atoms with Crippen molar-refractivity contribution < 1.29 is 18.1 Å². The predicted octanol–water partition coefficient (Wildman–Crippen LogP) is 3.40. The van der Waals surface area contributed by atoms with Gasteiger partial charge in [0.15, 0.2) is 0 Å². The zero-order valence-corrected chi connectivity index (χ0v) is 11.7. The third-order valence-electron chi connectivity index (χ3n) is 4.40. The Hall–Kier alpha value is -0.150. The van der Waals surface area contributed by atoms with Gasteiger partial charge in [0.25, 0.3) is 0 Å². The quantitative estimate of drug-likeness (QED) is 0.447. The van der Waals surface area contributed by atoms with E-state index >= 15 is 0 Å². The summed E-state index contributed by atoms with van der Waals surface area (Å²) in [6.07, 6.45) is 7.67. The van der Waals surface area contributed by atoms with Crippen molar-refractivity contribution in [2.45, 2.75) is 26.2 Å². The van der Waals surface area contributed by atoms with E-state index in [2.05, 4.69) is 19.1 Å². The number of fused-ring (bicyclic) bond motifs is 5. The molecule has 0 aromatic carbocycles. The lowest BCUT2D eigenvalue weighted by molar-refractivity contribution is 0.122. The monoisotopic (exact) mass is 272 g/mol. The fourth-order valence-corrected chi connectivity index (χ4v) is 4.59. The van der Waals surface area contributed by atoms with Crippen molar-refractivity contribution >= 4 is 7.82 Å². The largest absolute Gasteiger partial charge is 0.474 e. The second-order valence-corrected chi connectivity index (χ2v) is 7.17. The van der Waals surface area contributed by atoms with E-state index in [1.807, 2.05) is 0 Å². The van der Waals surface area contributed by atoms with Crippen LogP contribution in [-0.2, 0) is 18.1 Å². The van der Waals surface area contributed by atoms with E-state index in [9.17, 15) is 4.57 Å². The number of allylic oxidation sites excluding steroid dienone is 2. The molecule has 102 valence electrons. The Kier molecular flexibility index (Phi) is 3.63. The molecule has 0 amide bonds. The maximum Gasteiger partial charge on any atom is 0.474 e. The van der Waals surface area contributed by atoms with Gasteiger partial charge in [-0.25, -0.2) is 4.57 Å². The second kappa shape index (κ2) is 5.09. The Morgan fingerprint density at radius 2 is 1.83 bits per heavy atom. The van der Waals surface area contributed by atoms with E-state index in [0.717, 1.165) is 12.8 Å². The summed E-state index contributed by atoms with van der Waals surface area (Å²) in [5.41, 5.74) is 0. The summed E-state index contributed by atoms with van der Waals surface area (Å²) >= 11 is 0. The van der Waals surface area contributed by atoms with Gasteiger partial charge in [0.1, 0.15) is 0 Å². The van der Waals surface area contributed by atoms with Crippen LogP contribution in [0, 0.1) is 23.7 Å². The summed E-state index contributed by atoms with van der Waals surface area (Å²) < 4.78 is 28.6. The topological polar surface area (TPSA) is 44.8 Å². The van der Waals surface area contributed by atoms with Gasteiger partial charge in [0.2, 0.25) is 0 Å². The Bertz CT molecular complexity index is 355. The van der Waals surface area contributed by atoms with Gasteiger partial charge < -0.3 is 0 Å². The minimum atomic E-state index is -3.29. The Morgan fingerprint density at radius 1 is 1.22 bits per heavy atom. The first kappa shape index (κ1) is 12.9. The number of phosphoric acid groups is 1. The third kappa shape index (κ3) is 2.32. The summed E-state index contributed by atoms with van der Waals surface area (Å²) in [6.45, 7) is 3.55. The van der Waals surface area contributed by atoms with Crippen LogP contribution in [0.15, 0.2) is 12.2 Å². The Labute approximate surface area is 108 Å². The number of unbranched alkanes of at least 4 members (excludes halogenated alkanes) is 1. The SMILES string of the molecule is CCCCOP1(=O)OC[C@@H]2[C@H](CO1)[C@H]1C=C[C@@H]2C1. The van der Waals surface area contributed by atoms with E-state index < -0.39 is 7.82 Å². The van der Waals surface area contributed by atoms with E-state index in [-0.39, 0.29) is 0 Å².